The van der Waals surface area contributed by atoms with E-state index in [0.29, 0.717) is 0 Å². The quantitative estimate of drug-likeness (QED) is 0.0989. The van der Waals surface area contributed by atoms with Gasteiger partial charge in [-0.2, -0.15) is 0 Å². The summed E-state index contributed by atoms with van der Waals surface area (Å²) in [5.41, 5.74) is 0. The lowest BCUT2D eigenvalue weighted by atomic mass is 10.0. The second-order valence-electron chi connectivity index (χ2n) is 9.94. The van der Waals surface area contributed by atoms with Crippen molar-refractivity contribution < 1.29 is 0 Å². The number of thioether (sulfide) groups is 1. The van der Waals surface area contributed by atoms with Gasteiger partial charge in [-0.1, -0.05) is 167 Å². The van der Waals surface area contributed by atoms with Crippen LogP contribution in [0.5, 0.6) is 0 Å². The Hall–Kier alpha value is -0.530. The van der Waals surface area contributed by atoms with Crippen LogP contribution in [0.1, 0.15) is 181 Å². The van der Waals surface area contributed by atoms with E-state index in [2.05, 4.69) is 36.2 Å². The molecule has 0 nitrogen and oxygen atoms in total. The second-order valence-corrected chi connectivity index (χ2v) is 10.6. The van der Waals surface area contributed by atoms with Crippen LogP contribution in [0.3, 0.4) is 0 Å². The normalized spacial score (nSPS) is 10.5. The Kier molecular flexibility index (Phi) is 31.0. The first-order chi connectivity index (χ1) is 16.4. The van der Waals surface area contributed by atoms with Crippen LogP contribution in [0.4, 0.5) is 0 Å². The van der Waals surface area contributed by atoms with E-state index in [1.54, 1.807) is 0 Å². The number of rotatable bonds is 24. The molecule has 0 aromatic rings. The first-order valence-electron chi connectivity index (χ1n) is 15.0. The molecule has 1 heteroatoms. The van der Waals surface area contributed by atoms with Crippen LogP contribution in [0.25, 0.3) is 0 Å². The standard InChI is InChI=1S/C32H58S/c1-3-5-7-9-11-13-15-17-19-21-23-25-27-29-31-33-32-30-28-26-24-22-20-18-16-14-12-10-8-6-4-2/h3-28H2,1-2H3. The van der Waals surface area contributed by atoms with E-state index in [9.17, 15) is 0 Å². The van der Waals surface area contributed by atoms with Crippen LogP contribution in [0, 0.1) is 22.3 Å². The third-order valence-electron chi connectivity index (χ3n) is 6.56. The van der Waals surface area contributed by atoms with Crippen LogP contribution < -0.4 is 0 Å². The topological polar surface area (TPSA) is 0 Å². The Labute approximate surface area is 214 Å². The summed E-state index contributed by atoms with van der Waals surface area (Å²) in [5.74, 6) is 6.56. The maximum absolute atomic E-state index is 3.28. The maximum atomic E-state index is 3.28. The fourth-order valence-electron chi connectivity index (χ4n) is 4.31. The van der Waals surface area contributed by atoms with E-state index in [1.165, 1.54) is 166 Å². The van der Waals surface area contributed by atoms with Crippen LogP contribution in [-0.4, -0.2) is 0 Å². The van der Waals surface area contributed by atoms with E-state index >= 15 is 0 Å². The first kappa shape index (κ1) is 32.5. The van der Waals surface area contributed by atoms with Crippen LogP contribution >= 0.6 is 11.8 Å². The fourth-order valence-corrected chi connectivity index (χ4v) is 4.71. The van der Waals surface area contributed by atoms with Gasteiger partial charge in [-0.25, -0.2) is 0 Å². The van der Waals surface area contributed by atoms with Crippen LogP contribution in [-0.2, 0) is 0 Å². The molecule has 0 radical (unpaired) electrons. The lowest BCUT2D eigenvalue weighted by molar-refractivity contribution is 0.545. The van der Waals surface area contributed by atoms with Gasteiger partial charge in [0.15, 0.2) is 0 Å². The number of hydrogen-bond acceptors (Lipinski definition) is 1. The maximum Gasteiger partial charge on any atom is 0.0134 e. The molecule has 0 unspecified atom stereocenters. The Bertz CT molecular complexity index is 428. The van der Waals surface area contributed by atoms with Gasteiger partial charge in [-0.3, -0.25) is 0 Å². The van der Waals surface area contributed by atoms with Crippen molar-refractivity contribution in [3.05, 3.63) is 0 Å². The Morgan fingerprint density at radius 3 is 0.848 bits per heavy atom. The van der Waals surface area contributed by atoms with Crippen molar-refractivity contribution in [3.63, 3.8) is 0 Å². The van der Waals surface area contributed by atoms with Gasteiger partial charge in [0.1, 0.15) is 0 Å². The van der Waals surface area contributed by atoms with Crippen molar-refractivity contribution in [3.8, 4) is 22.3 Å². The highest BCUT2D eigenvalue weighted by Gasteiger charge is 1.94. The molecule has 0 atom stereocenters. The first-order valence-corrected chi connectivity index (χ1v) is 15.8. The monoisotopic (exact) mass is 474 g/mol. The zero-order chi connectivity index (χ0) is 23.9. The third kappa shape index (κ3) is 31.5. The zero-order valence-corrected chi connectivity index (χ0v) is 23.6. The molecule has 0 aliphatic rings. The molecule has 0 spiro atoms. The van der Waals surface area contributed by atoms with Crippen molar-refractivity contribution in [1.29, 1.82) is 0 Å². The summed E-state index contributed by atoms with van der Waals surface area (Å²) in [5, 5.41) is 6.33. The summed E-state index contributed by atoms with van der Waals surface area (Å²) in [6, 6.07) is 0. The molecule has 0 aliphatic heterocycles. The molecular weight excluding hydrogens is 416 g/mol. The van der Waals surface area contributed by atoms with Gasteiger partial charge in [0.25, 0.3) is 0 Å². The van der Waals surface area contributed by atoms with E-state index in [4.69, 9.17) is 0 Å². The Morgan fingerprint density at radius 2 is 0.576 bits per heavy atom. The number of hydrogen-bond donors (Lipinski definition) is 0. The highest BCUT2D eigenvalue weighted by molar-refractivity contribution is 8.08. The average molecular weight is 475 g/mol. The van der Waals surface area contributed by atoms with Gasteiger partial charge in [0.2, 0.25) is 0 Å². The molecule has 0 rings (SSSR count). The largest absolute Gasteiger partial charge is 0.0903 e. The molecule has 192 valence electrons. The summed E-state index contributed by atoms with van der Waals surface area (Å²) < 4.78 is 0. The van der Waals surface area contributed by atoms with Crippen LogP contribution in [0.15, 0.2) is 0 Å². The number of unbranched alkanes of at least 4 members (excludes halogenated alkanes) is 24. The zero-order valence-electron chi connectivity index (χ0n) is 22.8. The molecule has 0 saturated carbocycles. The Morgan fingerprint density at radius 1 is 0.333 bits per heavy atom. The van der Waals surface area contributed by atoms with Gasteiger partial charge in [0.05, 0.1) is 0 Å². The summed E-state index contributed by atoms with van der Waals surface area (Å²) in [4.78, 5) is 0. The SMILES string of the molecule is CCCCCCCCCCCCCCC#CSC#CCCCCCCCCCCCCCC. The predicted octanol–water partition coefficient (Wildman–Crippen LogP) is 11.8. The second kappa shape index (κ2) is 31.5. The lowest BCUT2D eigenvalue weighted by Crippen LogP contribution is -1.82. The molecule has 0 aromatic heterocycles. The van der Waals surface area contributed by atoms with Gasteiger partial charge < -0.3 is 0 Å². The summed E-state index contributed by atoms with van der Waals surface area (Å²) in [7, 11) is 0. The molecule has 0 saturated heterocycles. The van der Waals surface area contributed by atoms with Crippen molar-refractivity contribution in [2.45, 2.75) is 181 Å². The van der Waals surface area contributed by atoms with Gasteiger partial charge in [-0.15, -0.1) is 0 Å². The lowest BCUT2D eigenvalue weighted by Gasteiger charge is -2.01. The summed E-state index contributed by atoms with van der Waals surface area (Å²) in [6.07, 6.45) is 35.9. The van der Waals surface area contributed by atoms with Crippen molar-refractivity contribution in [2.75, 3.05) is 0 Å². The molecule has 0 fully saturated rings. The predicted molar refractivity (Wildman–Crippen MR) is 155 cm³/mol. The minimum Gasteiger partial charge on any atom is -0.0903 e. The molecule has 33 heavy (non-hydrogen) atoms. The summed E-state index contributed by atoms with van der Waals surface area (Å²) in [6.45, 7) is 4.58. The fraction of sp³-hybridized carbons (Fsp3) is 0.875. The highest BCUT2D eigenvalue weighted by atomic mass is 32.2. The minimum absolute atomic E-state index is 1.05. The smallest absolute Gasteiger partial charge is 0.0134 e. The molecule has 0 aliphatic carbocycles. The summed E-state index contributed by atoms with van der Waals surface area (Å²) >= 11 is 1.50. The molecule has 0 amide bonds. The minimum atomic E-state index is 1.05. The van der Waals surface area contributed by atoms with E-state index < -0.39 is 0 Å². The van der Waals surface area contributed by atoms with Crippen molar-refractivity contribution in [2.24, 2.45) is 0 Å². The Balaban J connectivity index is 3.20. The van der Waals surface area contributed by atoms with E-state index in [-0.39, 0.29) is 0 Å². The molecule has 0 bridgehead atoms. The molecular formula is C32H58S. The molecule has 0 N–H and O–H groups in total. The third-order valence-corrected chi connectivity index (χ3v) is 7.05. The van der Waals surface area contributed by atoms with Crippen LogP contribution in [0.2, 0.25) is 0 Å². The van der Waals surface area contributed by atoms with Gasteiger partial charge >= 0.3 is 0 Å². The highest BCUT2D eigenvalue weighted by Crippen LogP contribution is 2.13. The van der Waals surface area contributed by atoms with Gasteiger partial charge in [-0.05, 0) is 23.3 Å². The van der Waals surface area contributed by atoms with Crippen molar-refractivity contribution in [1.82, 2.24) is 0 Å². The van der Waals surface area contributed by atoms with E-state index in [1.807, 2.05) is 0 Å². The average Bonchev–Trinajstić information content (AvgIpc) is 2.83. The van der Waals surface area contributed by atoms with Crippen molar-refractivity contribution >= 4 is 11.8 Å². The van der Waals surface area contributed by atoms with Gasteiger partial charge in [0, 0.05) is 24.6 Å². The molecule has 0 aromatic carbocycles. The van der Waals surface area contributed by atoms with E-state index in [0.717, 1.165) is 12.8 Å². The molecule has 0 heterocycles.